The van der Waals surface area contributed by atoms with Gasteiger partial charge in [0.25, 0.3) is 0 Å². The predicted molar refractivity (Wildman–Crippen MR) is 114 cm³/mol. The van der Waals surface area contributed by atoms with Crippen LogP contribution in [0, 0.1) is 0 Å². The molecule has 0 saturated carbocycles. The van der Waals surface area contributed by atoms with E-state index in [-0.39, 0.29) is 0 Å². The lowest BCUT2D eigenvalue weighted by molar-refractivity contribution is 0.370. The summed E-state index contributed by atoms with van der Waals surface area (Å²) >= 11 is 1.67. The highest BCUT2D eigenvalue weighted by molar-refractivity contribution is 7.13. The zero-order valence-corrected chi connectivity index (χ0v) is 16.6. The Kier molecular flexibility index (Phi) is 5.77. The van der Waals surface area contributed by atoms with E-state index >= 15 is 0 Å². The van der Waals surface area contributed by atoms with Gasteiger partial charge < -0.3 is 15.1 Å². The minimum atomic E-state index is 0.665. The number of aliphatic imine (C=N–C) groups is 1. The fraction of sp³-hybridized carbons (Fsp3) is 0.300. The molecule has 2 aromatic heterocycles. The Bertz CT molecular complexity index is 903. The van der Waals surface area contributed by atoms with Crippen molar-refractivity contribution in [2.24, 2.45) is 4.99 Å². The van der Waals surface area contributed by atoms with Crippen molar-refractivity contribution in [2.75, 3.05) is 38.1 Å². The topological polar surface area (TPSA) is 69.5 Å². The van der Waals surface area contributed by atoms with Gasteiger partial charge in [0.1, 0.15) is 5.01 Å². The molecule has 7 nitrogen and oxygen atoms in total. The summed E-state index contributed by atoms with van der Waals surface area (Å²) in [5, 5.41) is 6.59. The molecule has 3 aromatic rings. The van der Waals surface area contributed by atoms with Gasteiger partial charge >= 0.3 is 0 Å². The summed E-state index contributed by atoms with van der Waals surface area (Å²) in [4.78, 5) is 22.3. The molecule has 0 aliphatic carbocycles. The maximum atomic E-state index is 4.74. The smallest absolute Gasteiger partial charge is 0.225 e. The summed E-state index contributed by atoms with van der Waals surface area (Å²) in [6, 6.07) is 12.1. The van der Waals surface area contributed by atoms with Crippen LogP contribution in [0.4, 0.5) is 5.95 Å². The van der Waals surface area contributed by atoms with E-state index in [1.165, 1.54) is 0 Å². The van der Waals surface area contributed by atoms with Gasteiger partial charge in [-0.15, -0.1) is 11.3 Å². The first-order valence-corrected chi connectivity index (χ1v) is 10.2. The molecule has 144 valence electrons. The summed E-state index contributed by atoms with van der Waals surface area (Å²) < 4.78 is 0. The molecule has 1 saturated heterocycles. The highest BCUT2D eigenvalue weighted by Crippen LogP contribution is 2.23. The highest BCUT2D eigenvalue weighted by Gasteiger charge is 2.21. The molecule has 0 amide bonds. The summed E-state index contributed by atoms with van der Waals surface area (Å²) in [5.74, 6) is 1.70. The molecule has 1 aliphatic heterocycles. The Morgan fingerprint density at radius 3 is 2.54 bits per heavy atom. The molecule has 28 heavy (non-hydrogen) atoms. The van der Waals surface area contributed by atoms with Crippen LogP contribution in [0.1, 0.15) is 5.69 Å². The zero-order chi connectivity index (χ0) is 19.2. The minimum Gasteiger partial charge on any atom is -0.351 e. The van der Waals surface area contributed by atoms with Gasteiger partial charge in [0, 0.05) is 56.6 Å². The van der Waals surface area contributed by atoms with Crippen molar-refractivity contribution < 1.29 is 0 Å². The average molecular weight is 394 g/mol. The van der Waals surface area contributed by atoms with Gasteiger partial charge in [0.15, 0.2) is 5.96 Å². The first kappa shape index (κ1) is 18.4. The maximum Gasteiger partial charge on any atom is 0.225 e. The molecule has 0 spiro atoms. The van der Waals surface area contributed by atoms with Crippen LogP contribution in [0.5, 0.6) is 0 Å². The molecule has 3 heterocycles. The van der Waals surface area contributed by atoms with E-state index in [1.807, 2.05) is 31.3 Å². The lowest BCUT2D eigenvalue weighted by Crippen LogP contribution is -2.52. The van der Waals surface area contributed by atoms with Crippen LogP contribution in [0.2, 0.25) is 0 Å². The fourth-order valence-corrected chi connectivity index (χ4v) is 4.00. The van der Waals surface area contributed by atoms with Gasteiger partial charge in [-0.25, -0.2) is 15.0 Å². The van der Waals surface area contributed by atoms with E-state index in [0.717, 1.165) is 54.4 Å². The van der Waals surface area contributed by atoms with Crippen LogP contribution < -0.4 is 10.2 Å². The summed E-state index contributed by atoms with van der Waals surface area (Å²) in [6.45, 7) is 4.17. The van der Waals surface area contributed by atoms with Crippen LogP contribution in [-0.2, 0) is 6.54 Å². The van der Waals surface area contributed by atoms with Crippen molar-refractivity contribution in [1.29, 1.82) is 0 Å². The van der Waals surface area contributed by atoms with Crippen molar-refractivity contribution in [2.45, 2.75) is 6.54 Å². The van der Waals surface area contributed by atoms with Gasteiger partial charge in [-0.3, -0.25) is 4.99 Å². The molecule has 0 radical (unpaired) electrons. The third-order valence-corrected chi connectivity index (χ3v) is 5.57. The number of thiazole rings is 1. The number of nitrogens with zero attached hydrogens (tertiary/aromatic N) is 6. The van der Waals surface area contributed by atoms with Crippen LogP contribution in [0.15, 0.2) is 59.2 Å². The minimum absolute atomic E-state index is 0.665. The lowest BCUT2D eigenvalue weighted by atomic mass is 10.2. The molecule has 0 bridgehead atoms. The third-order valence-electron chi connectivity index (χ3n) is 4.63. The van der Waals surface area contributed by atoms with Crippen molar-refractivity contribution in [3.63, 3.8) is 0 Å². The predicted octanol–water partition coefficient (Wildman–Crippen LogP) is 2.50. The summed E-state index contributed by atoms with van der Waals surface area (Å²) in [6.07, 6.45) is 3.57. The molecule has 8 heteroatoms. The van der Waals surface area contributed by atoms with Gasteiger partial charge in [0.2, 0.25) is 5.95 Å². The number of nitrogens with one attached hydrogen (secondary N) is 1. The molecule has 1 aromatic carbocycles. The van der Waals surface area contributed by atoms with E-state index in [2.05, 4.69) is 47.6 Å². The number of guanidine groups is 1. The maximum absolute atomic E-state index is 4.74. The van der Waals surface area contributed by atoms with Gasteiger partial charge in [0.05, 0.1) is 12.2 Å². The Morgan fingerprint density at radius 1 is 1.07 bits per heavy atom. The zero-order valence-electron chi connectivity index (χ0n) is 15.8. The first-order chi connectivity index (χ1) is 13.8. The number of rotatable bonds is 4. The Balaban J connectivity index is 1.32. The molecule has 0 unspecified atom stereocenters. The van der Waals surface area contributed by atoms with Crippen molar-refractivity contribution in [3.8, 4) is 10.6 Å². The first-order valence-electron chi connectivity index (χ1n) is 9.31. The monoisotopic (exact) mass is 393 g/mol. The molecule has 1 aliphatic rings. The van der Waals surface area contributed by atoms with E-state index in [4.69, 9.17) is 4.98 Å². The number of anilines is 1. The normalized spacial score (nSPS) is 15.0. The van der Waals surface area contributed by atoms with E-state index in [9.17, 15) is 0 Å². The summed E-state index contributed by atoms with van der Waals surface area (Å²) in [5.41, 5.74) is 2.18. The summed E-state index contributed by atoms with van der Waals surface area (Å²) in [7, 11) is 1.82. The largest absolute Gasteiger partial charge is 0.351 e. The van der Waals surface area contributed by atoms with Crippen molar-refractivity contribution in [1.82, 2.24) is 25.2 Å². The molecule has 4 rings (SSSR count). The van der Waals surface area contributed by atoms with Gasteiger partial charge in [-0.05, 0) is 6.07 Å². The number of benzene rings is 1. The second-order valence-corrected chi connectivity index (χ2v) is 7.29. The lowest BCUT2D eigenvalue weighted by Gasteiger charge is -2.36. The SMILES string of the molecule is CN=C(NCc1csc(-c2ccccc2)n1)N1CCN(c2ncccn2)CC1. The van der Waals surface area contributed by atoms with Crippen LogP contribution >= 0.6 is 11.3 Å². The third kappa shape index (κ3) is 4.28. The number of hydrogen-bond acceptors (Lipinski definition) is 6. The quantitative estimate of drug-likeness (QED) is 0.543. The standard InChI is InChI=1S/C20H23N7S/c1-21-19(26-10-12-27(13-11-26)20-22-8-5-9-23-20)24-14-17-15-28-18(25-17)16-6-3-2-4-7-16/h2-9,15H,10-14H2,1H3,(H,21,24). The van der Waals surface area contributed by atoms with Crippen LogP contribution in [-0.4, -0.2) is 59.0 Å². The number of hydrogen-bond donors (Lipinski definition) is 1. The molecule has 0 atom stereocenters. The van der Waals surface area contributed by atoms with Gasteiger partial charge in [-0.1, -0.05) is 30.3 Å². The number of aromatic nitrogens is 3. The van der Waals surface area contributed by atoms with Crippen LogP contribution in [0.25, 0.3) is 10.6 Å². The molecular formula is C20H23N7S. The Hall–Kier alpha value is -3.00. The van der Waals surface area contributed by atoms with Crippen molar-refractivity contribution >= 4 is 23.2 Å². The Morgan fingerprint density at radius 2 is 1.82 bits per heavy atom. The molecule has 1 fully saturated rings. The van der Waals surface area contributed by atoms with E-state index in [1.54, 1.807) is 23.7 Å². The van der Waals surface area contributed by atoms with Crippen LogP contribution in [0.3, 0.4) is 0 Å². The Labute approximate surface area is 168 Å². The second kappa shape index (κ2) is 8.79. The van der Waals surface area contributed by atoms with Gasteiger partial charge in [-0.2, -0.15) is 0 Å². The molecule has 1 N–H and O–H groups in total. The number of piperazine rings is 1. The average Bonchev–Trinajstić information content (AvgIpc) is 3.25. The van der Waals surface area contributed by atoms with Crippen molar-refractivity contribution in [3.05, 3.63) is 59.9 Å². The highest BCUT2D eigenvalue weighted by atomic mass is 32.1. The second-order valence-electron chi connectivity index (χ2n) is 6.43. The molecular weight excluding hydrogens is 370 g/mol. The fourth-order valence-electron chi connectivity index (χ4n) is 3.18. The van der Waals surface area contributed by atoms with E-state index < -0.39 is 0 Å². The van der Waals surface area contributed by atoms with E-state index in [0.29, 0.717) is 6.54 Å².